The van der Waals surface area contributed by atoms with E-state index in [-0.39, 0.29) is 5.56 Å². The first kappa shape index (κ1) is 9.32. The number of aryl methyl sites for hydroxylation is 1. The molecule has 0 bridgehead atoms. The maximum absolute atomic E-state index is 11.0. The van der Waals surface area contributed by atoms with Crippen molar-refractivity contribution in [3.8, 4) is 5.69 Å². The van der Waals surface area contributed by atoms with Crippen molar-refractivity contribution in [2.45, 2.75) is 6.92 Å². The predicted molar refractivity (Wildman–Crippen MR) is 50.9 cm³/mol. The van der Waals surface area contributed by atoms with E-state index in [0.29, 0.717) is 11.4 Å². The molecule has 1 N–H and O–H groups in total. The number of carboxylic acid groups (broad SMARTS) is 1. The monoisotopic (exact) mass is 204 g/mol. The quantitative estimate of drug-likeness (QED) is 0.777. The van der Waals surface area contributed by atoms with Gasteiger partial charge in [0.2, 0.25) is 0 Å². The van der Waals surface area contributed by atoms with Gasteiger partial charge >= 0.3 is 5.97 Å². The van der Waals surface area contributed by atoms with E-state index in [2.05, 4.69) is 15.3 Å². The van der Waals surface area contributed by atoms with Crippen LogP contribution in [0.3, 0.4) is 0 Å². The molecule has 6 nitrogen and oxygen atoms in total. The Morgan fingerprint density at radius 2 is 2.27 bits per heavy atom. The lowest BCUT2D eigenvalue weighted by Crippen LogP contribution is -2.09. The molecular formula is C9H8N4O2. The van der Waals surface area contributed by atoms with Gasteiger partial charge in [0, 0.05) is 6.20 Å². The minimum Gasteiger partial charge on any atom is -0.478 e. The van der Waals surface area contributed by atoms with E-state index in [9.17, 15) is 4.79 Å². The van der Waals surface area contributed by atoms with Gasteiger partial charge in [0.1, 0.15) is 5.69 Å². The first-order chi connectivity index (χ1) is 7.20. The van der Waals surface area contributed by atoms with Crippen molar-refractivity contribution in [3.63, 3.8) is 0 Å². The summed E-state index contributed by atoms with van der Waals surface area (Å²) in [6.07, 6.45) is 4.52. The molecule has 0 atom stereocenters. The van der Waals surface area contributed by atoms with Crippen LogP contribution in [0.25, 0.3) is 5.69 Å². The van der Waals surface area contributed by atoms with Gasteiger partial charge in [0.05, 0.1) is 23.7 Å². The number of aromatic carboxylic acids is 1. The van der Waals surface area contributed by atoms with Gasteiger partial charge in [-0.25, -0.2) is 9.48 Å². The van der Waals surface area contributed by atoms with Gasteiger partial charge in [0.25, 0.3) is 0 Å². The van der Waals surface area contributed by atoms with Crippen LogP contribution in [0.2, 0.25) is 0 Å². The molecule has 0 aliphatic heterocycles. The van der Waals surface area contributed by atoms with Gasteiger partial charge in [-0.1, -0.05) is 5.21 Å². The van der Waals surface area contributed by atoms with Crippen molar-refractivity contribution < 1.29 is 9.90 Å². The Balaban J connectivity index is 2.68. The molecule has 0 spiro atoms. The second-order valence-corrected chi connectivity index (χ2v) is 2.95. The number of hydrogen-bond donors (Lipinski definition) is 1. The molecule has 6 heteroatoms. The molecule has 0 aromatic carbocycles. The summed E-state index contributed by atoms with van der Waals surface area (Å²) < 4.78 is 1.39. The van der Waals surface area contributed by atoms with Crippen LogP contribution in [0.1, 0.15) is 16.1 Å². The fraction of sp³-hybridized carbons (Fsp3) is 0.111. The normalized spacial score (nSPS) is 10.2. The fourth-order valence-electron chi connectivity index (χ4n) is 1.35. The van der Waals surface area contributed by atoms with Crippen LogP contribution in [0.4, 0.5) is 0 Å². The van der Waals surface area contributed by atoms with Gasteiger partial charge in [-0.2, -0.15) is 0 Å². The van der Waals surface area contributed by atoms with Crippen molar-refractivity contribution >= 4 is 5.97 Å². The molecular weight excluding hydrogens is 196 g/mol. The Labute approximate surface area is 85.2 Å². The maximum Gasteiger partial charge on any atom is 0.338 e. The molecule has 0 unspecified atom stereocenters. The van der Waals surface area contributed by atoms with Crippen LogP contribution < -0.4 is 0 Å². The van der Waals surface area contributed by atoms with E-state index in [1.54, 1.807) is 13.1 Å². The number of pyridine rings is 1. The average Bonchev–Trinajstić information content (AvgIpc) is 2.70. The van der Waals surface area contributed by atoms with Crippen LogP contribution in [-0.4, -0.2) is 31.1 Å². The fourth-order valence-corrected chi connectivity index (χ4v) is 1.35. The van der Waals surface area contributed by atoms with Gasteiger partial charge in [-0.15, -0.1) is 5.10 Å². The van der Waals surface area contributed by atoms with E-state index >= 15 is 0 Å². The highest BCUT2D eigenvalue weighted by atomic mass is 16.4. The van der Waals surface area contributed by atoms with Gasteiger partial charge in [-0.05, 0) is 13.0 Å². The van der Waals surface area contributed by atoms with Crippen molar-refractivity contribution in [2.24, 2.45) is 0 Å². The summed E-state index contributed by atoms with van der Waals surface area (Å²) in [6, 6.07) is 1.44. The van der Waals surface area contributed by atoms with E-state index < -0.39 is 5.97 Å². The molecule has 0 amide bonds. The minimum absolute atomic E-state index is 0.160. The standard InChI is InChI=1S/C9H8N4O2/c1-6-8(13-5-4-11-12-13)7(9(14)15)2-3-10-6/h2-5H,1H3,(H,14,15). The third kappa shape index (κ3) is 1.56. The summed E-state index contributed by atoms with van der Waals surface area (Å²) in [5, 5.41) is 16.4. The lowest BCUT2D eigenvalue weighted by Gasteiger charge is -2.07. The third-order valence-corrected chi connectivity index (χ3v) is 1.99. The molecule has 76 valence electrons. The smallest absolute Gasteiger partial charge is 0.338 e. The van der Waals surface area contributed by atoms with E-state index in [1.165, 1.54) is 23.1 Å². The van der Waals surface area contributed by atoms with Gasteiger partial charge < -0.3 is 5.11 Å². The Morgan fingerprint density at radius 3 is 2.87 bits per heavy atom. The lowest BCUT2D eigenvalue weighted by molar-refractivity contribution is 0.0696. The van der Waals surface area contributed by atoms with Crippen LogP contribution in [0.5, 0.6) is 0 Å². The van der Waals surface area contributed by atoms with Crippen LogP contribution >= 0.6 is 0 Å². The molecule has 2 rings (SSSR count). The summed E-state index contributed by atoms with van der Waals surface area (Å²) in [6.45, 7) is 1.73. The number of aromatic nitrogens is 4. The number of nitrogens with zero attached hydrogens (tertiary/aromatic N) is 4. The first-order valence-electron chi connectivity index (χ1n) is 4.25. The number of hydrogen-bond acceptors (Lipinski definition) is 4. The summed E-state index contributed by atoms with van der Waals surface area (Å²) in [5.74, 6) is -1.01. The molecule has 0 saturated heterocycles. The van der Waals surface area contributed by atoms with Gasteiger partial charge in [-0.3, -0.25) is 4.98 Å². The van der Waals surface area contributed by atoms with E-state index in [4.69, 9.17) is 5.11 Å². The lowest BCUT2D eigenvalue weighted by atomic mass is 10.2. The average molecular weight is 204 g/mol. The zero-order valence-corrected chi connectivity index (χ0v) is 7.95. The summed E-state index contributed by atoms with van der Waals surface area (Å²) >= 11 is 0. The molecule has 0 fully saturated rings. The number of rotatable bonds is 2. The SMILES string of the molecule is Cc1nccc(C(=O)O)c1-n1ccnn1. The molecule has 2 aromatic rings. The molecule has 2 heterocycles. The molecule has 2 aromatic heterocycles. The largest absolute Gasteiger partial charge is 0.478 e. The second kappa shape index (κ2) is 3.49. The third-order valence-electron chi connectivity index (χ3n) is 1.99. The van der Waals surface area contributed by atoms with Crippen molar-refractivity contribution in [2.75, 3.05) is 0 Å². The number of carboxylic acids is 1. The Hall–Kier alpha value is -2.24. The first-order valence-corrected chi connectivity index (χ1v) is 4.25. The molecule has 0 saturated carbocycles. The van der Waals surface area contributed by atoms with E-state index in [1.807, 2.05) is 0 Å². The highest BCUT2D eigenvalue weighted by Gasteiger charge is 2.14. The summed E-state index contributed by atoms with van der Waals surface area (Å²) in [4.78, 5) is 15.0. The van der Waals surface area contributed by atoms with Crippen LogP contribution in [0.15, 0.2) is 24.7 Å². The van der Waals surface area contributed by atoms with Crippen molar-refractivity contribution in [1.29, 1.82) is 0 Å². The van der Waals surface area contributed by atoms with Crippen LogP contribution in [-0.2, 0) is 0 Å². The van der Waals surface area contributed by atoms with Crippen molar-refractivity contribution in [3.05, 3.63) is 35.9 Å². The highest BCUT2D eigenvalue weighted by molar-refractivity contribution is 5.92. The summed E-state index contributed by atoms with van der Waals surface area (Å²) in [5.41, 5.74) is 1.20. The zero-order chi connectivity index (χ0) is 10.8. The Morgan fingerprint density at radius 1 is 1.47 bits per heavy atom. The molecule has 0 radical (unpaired) electrons. The van der Waals surface area contributed by atoms with E-state index in [0.717, 1.165) is 0 Å². The number of carbonyl (C=O) groups is 1. The molecule has 0 aliphatic rings. The van der Waals surface area contributed by atoms with Crippen LogP contribution in [0, 0.1) is 6.92 Å². The molecule has 15 heavy (non-hydrogen) atoms. The second-order valence-electron chi connectivity index (χ2n) is 2.95. The maximum atomic E-state index is 11.0. The molecule has 0 aliphatic carbocycles. The summed E-state index contributed by atoms with van der Waals surface area (Å²) in [7, 11) is 0. The van der Waals surface area contributed by atoms with Gasteiger partial charge in [0.15, 0.2) is 0 Å². The van der Waals surface area contributed by atoms with Crippen molar-refractivity contribution in [1.82, 2.24) is 20.0 Å². The predicted octanol–water partition coefficient (Wildman–Crippen LogP) is 0.669. The highest BCUT2D eigenvalue weighted by Crippen LogP contribution is 2.15. The zero-order valence-electron chi connectivity index (χ0n) is 7.95. The minimum atomic E-state index is -1.01. The Kier molecular flexibility index (Phi) is 2.17. The Bertz CT molecular complexity index is 493. The topological polar surface area (TPSA) is 80.9 Å².